The van der Waals surface area contributed by atoms with Crippen LogP contribution in [-0.2, 0) is 4.74 Å². The van der Waals surface area contributed by atoms with E-state index in [0.717, 1.165) is 18.9 Å². The molecule has 0 bridgehead atoms. The zero-order valence-electron chi connectivity index (χ0n) is 6.71. The Morgan fingerprint density at radius 2 is 1.64 bits per heavy atom. The number of anilines is 1. The Labute approximate surface area is 67.0 Å². The van der Waals surface area contributed by atoms with Crippen LogP contribution in [-0.4, -0.2) is 13.2 Å². The van der Waals surface area contributed by atoms with Crippen LogP contribution in [0.25, 0.3) is 0 Å². The van der Waals surface area contributed by atoms with Crippen LogP contribution in [0.3, 0.4) is 0 Å². The Balaban J connectivity index is 0.000000167. The van der Waals surface area contributed by atoms with Gasteiger partial charge in [0.2, 0.25) is 0 Å². The Hall–Kier alpha value is -1.02. The van der Waals surface area contributed by atoms with Gasteiger partial charge in [-0.25, -0.2) is 0 Å². The van der Waals surface area contributed by atoms with Crippen LogP contribution < -0.4 is 5.73 Å². The summed E-state index contributed by atoms with van der Waals surface area (Å²) in [6.45, 7) is 4.04. The minimum absolute atomic E-state index is 0.829. The average molecular weight is 151 g/mol. The molecule has 0 unspecified atom stereocenters. The lowest BCUT2D eigenvalue weighted by Gasteiger charge is -1.90. The summed E-state index contributed by atoms with van der Waals surface area (Å²) in [6.07, 6.45) is 0. The molecule has 1 saturated heterocycles. The second kappa shape index (κ2) is 3.98. The second-order valence-electron chi connectivity index (χ2n) is 2.52. The lowest BCUT2D eigenvalue weighted by molar-refractivity contribution is 0.475. The highest BCUT2D eigenvalue weighted by atomic mass is 16.6. The topological polar surface area (TPSA) is 38.5 Å². The number of hydrogen-bond donors (Lipinski definition) is 1. The summed E-state index contributed by atoms with van der Waals surface area (Å²) < 4.78 is 4.50. The maximum absolute atomic E-state index is 5.43. The summed E-state index contributed by atoms with van der Waals surface area (Å²) in [5.74, 6) is 0. The highest BCUT2D eigenvalue weighted by Crippen LogP contribution is 2.02. The molecule has 11 heavy (non-hydrogen) atoms. The standard InChI is InChI=1S/C7H9N.C2H4O/c1-6-2-4-7(8)5-3-6;1-2-3-1/h2-5H,8H2,1H3;1-2H2. The van der Waals surface area contributed by atoms with Gasteiger partial charge in [-0.05, 0) is 19.1 Å². The number of nitrogens with two attached hydrogens (primary N) is 1. The molecule has 2 heteroatoms. The summed E-state index contributed by atoms with van der Waals surface area (Å²) >= 11 is 0. The molecule has 0 amide bonds. The second-order valence-corrected chi connectivity index (χ2v) is 2.52. The molecule has 0 atom stereocenters. The van der Waals surface area contributed by atoms with Gasteiger partial charge in [-0.1, -0.05) is 17.7 Å². The van der Waals surface area contributed by atoms with Gasteiger partial charge in [0.05, 0.1) is 13.2 Å². The summed E-state index contributed by atoms with van der Waals surface area (Å²) in [4.78, 5) is 0. The van der Waals surface area contributed by atoms with E-state index in [9.17, 15) is 0 Å². The van der Waals surface area contributed by atoms with Crippen LogP contribution >= 0.6 is 0 Å². The molecule has 0 saturated carbocycles. The summed E-state index contributed by atoms with van der Waals surface area (Å²) in [6, 6.07) is 7.79. The number of rotatable bonds is 0. The van der Waals surface area contributed by atoms with Crippen molar-refractivity contribution in [3.63, 3.8) is 0 Å². The van der Waals surface area contributed by atoms with E-state index in [4.69, 9.17) is 5.73 Å². The Morgan fingerprint density at radius 3 is 1.91 bits per heavy atom. The number of aryl methyl sites for hydroxylation is 1. The van der Waals surface area contributed by atoms with E-state index in [-0.39, 0.29) is 0 Å². The Kier molecular flexibility index (Phi) is 2.93. The molecule has 60 valence electrons. The lowest BCUT2D eigenvalue weighted by Crippen LogP contribution is -1.81. The summed E-state index contributed by atoms with van der Waals surface area (Å²) in [5, 5.41) is 0. The zero-order valence-corrected chi connectivity index (χ0v) is 6.71. The largest absolute Gasteiger partial charge is 0.399 e. The first-order valence-corrected chi connectivity index (χ1v) is 3.69. The predicted molar refractivity (Wildman–Crippen MR) is 46.4 cm³/mol. The highest BCUT2D eigenvalue weighted by Gasteiger charge is 1.94. The minimum atomic E-state index is 0.829. The molecule has 2 N–H and O–H groups in total. The first-order chi connectivity index (χ1) is 5.29. The average Bonchev–Trinajstić information content (AvgIpc) is 2.80. The maximum atomic E-state index is 5.43. The number of hydrogen-bond acceptors (Lipinski definition) is 2. The molecule has 1 aromatic rings. The Bertz CT molecular complexity index is 180. The van der Waals surface area contributed by atoms with E-state index >= 15 is 0 Å². The smallest absolute Gasteiger partial charge is 0.0701 e. The molecule has 1 heterocycles. The number of ether oxygens (including phenoxy) is 1. The highest BCUT2D eigenvalue weighted by molar-refractivity contribution is 5.38. The van der Waals surface area contributed by atoms with Gasteiger partial charge in [-0.15, -0.1) is 0 Å². The lowest BCUT2D eigenvalue weighted by atomic mass is 10.2. The van der Waals surface area contributed by atoms with Crippen molar-refractivity contribution in [2.75, 3.05) is 18.9 Å². The van der Waals surface area contributed by atoms with E-state index in [0.29, 0.717) is 0 Å². The fourth-order valence-electron chi connectivity index (χ4n) is 0.566. The Morgan fingerprint density at radius 1 is 1.18 bits per heavy atom. The van der Waals surface area contributed by atoms with Crippen LogP contribution in [0.1, 0.15) is 5.56 Å². The molecular formula is C9H13NO. The van der Waals surface area contributed by atoms with Crippen molar-refractivity contribution in [3.05, 3.63) is 29.8 Å². The maximum Gasteiger partial charge on any atom is 0.0701 e. The van der Waals surface area contributed by atoms with E-state index in [1.54, 1.807) is 0 Å². The van der Waals surface area contributed by atoms with Crippen molar-refractivity contribution in [1.29, 1.82) is 0 Å². The van der Waals surface area contributed by atoms with Crippen molar-refractivity contribution in [2.45, 2.75) is 6.92 Å². The molecule has 2 rings (SSSR count). The molecule has 0 aliphatic carbocycles. The quantitative estimate of drug-likeness (QED) is 0.451. The van der Waals surface area contributed by atoms with E-state index in [1.165, 1.54) is 5.56 Å². The summed E-state index contributed by atoms with van der Waals surface area (Å²) in [7, 11) is 0. The number of epoxide rings is 1. The molecule has 1 aliphatic rings. The number of nitrogen functional groups attached to an aromatic ring is 1. The third-order valence-electron chi connectivity index (χ3n) is 1.28. The van der Waals surface area contributed by atoms with Crippen molar-refractivity contribution in [1.82, 2.24) is 0 Å². The summed E-state index contributed by atoms with van der Waals surface area (Å²) in [5.41, 5.74) is 7.51. The molecular weight excluding hydrogens is 138 g/mol. The minimum Gasteiger partial charge on any atom is -0.399 e. The SMILES string of the molecule is C1CO1.Cc1ccc(N)cc1. The molecule has 2 nitrogen and oxygen atoms in total. The van der Waals surface area contributed by atoms with Gasteiger partial charge in [0.1, 0.15) is 0 Å². The van der Waals surface area contributed by atoms with Gasteiger partial charge >= 0.3 is 0 Å². The number of benzene rings is 1. The molecule has 0 radical (unpaired) electrons. The van der Waals surface area contributed by atoms with Gasteiger partial charge in [-0.3, -0.25) is 0 Å². The fourth-order valence-corrected chi connectivity index (χ4v) is 0.566. The molecule has 1 fully saturated rings. The van der Waals surface area contributed by atoms with E-state index in [1.807, 2.05) is 31.2 Å². The monoisotopic (exact) mass is 151 g/mol. The van der Waals surface area contributed by atoms with Gasteiger partial charge in [-0.2, -0.15) is 0 Å². The van der Waals surface area contributed by atoms with Crippen LogP contribution in [0.5, 0.6) is 0 Å². The fraction of sp³-hybridized carbons (Fsp3) is 0.333. The van der Waals surface area contributed by atoms with Crippen molar-refractivity contribution < 1.29 is 4.74 Å². The van der Waals surface area contributed by atoms with E-state index < -0.39 is 0 Å². The van der Waals surface area contributed by atoms with Crippen LogP contribution in [0.4, 0.5) is 5.69 Å². The first-order valence-electron chi connectivity index (χ1n) is 3.69. The first kappa shape index (κ1) is 8.08. The molecule has 0 spiro atoms. The van der Waals surface area contributed by atoms with Crippen molar-refractivity contribution in [3.8, 4) is 0 Å². The van der Waals surface area contributed by atoms with Crippen molar-refractivity contribution >= 4 is 5.69 Å². The van der Waals surface area contributed by atoms with Crippen LogP contribution in [0.15, 0.2) is 24.3 Å². The van der Waals surface area contributed by atoms with E-state index in [2.05, 4.69) is 4.74 Å². The van der Waals surface area contributed by atoms with Gasteiger partial charge in [0, 0.05) is 5.69 Å². The normalized spacial score (nSPS) is 13.2. The van der Waals surface area contributed by atoms with Gasteiger partial charge in [0.25, 0.3) is 0 Å². The molecule has 1 aromatic carbocycles. The van der Waals surface area contributed by atoms with Gasteiger partial charge in [0.15, 0.2) is 0 Å². The molecule has 1 aliphatic heterocycles. The third-order valence-corrected chi connectivity index (χ3v) is 1.28. The zero-order chi connectivity index (χ0) is 8.10. The predicted octanol–water partition coefficient (Wildman–Crippen LogP) is 1.59. The van der Waals surface area contributed by atoms with Gasteiger partial charge < -0.3 is 10.5 Å². The van der Waals surface area contributed by atoms with Crippen LogP contribution in [0, 0.1) is 6.92 Å². The third kappa shape index (κ3) is 4.39. The van der Waals surface area contributed by atoms with Crippen molar-refractivity contribution in [2.24, 2.45) is 0 Å². The molecule has 0 aromatic heterocycles. The van der Waals surface area contributed by atoms with Crippen LogP contribution in [0.2, 0.25) is 0 Å².